The van der Waals surface area contributed by atoms with Gasteiger partial charge in [-0.05, 0) is 38.7 Å². The van der Waals surface area contributed by atoms with Crippen LogP contribution in [0.3, 0.4) is 0 Å². The minimum absolute atomic E-state index is 0.249. The SMILES string of the molecule is C/C=C1\O[C@H](CC)CC/C=C\C[C@H]1O. The number of rotatable bonds is 1. The van der Waals surface area contributed by atoms with Gasteiger partial charge in [0.2, 0.25) is 0 Å². The van der Waals surface area contributed by atoms with Crippen LogP contribution in [0.1, 0.15) is 39.5 Å². The van der Waals surface area contributed by atoms with Crippen LogP contribution >= 0.6 is 0 Å². The van der Waals surface area contributed by atoms with Crippen molar-refractivity contribution >= 4 is 0 Å². The van der Waals surface area contributed by atoms with E-state index >= 15 is 0 Å². The predicted octanol–water partition coefficient (Wildman–Crippen LogP) is 2.79. The minimum Gasteiger partial charge on any atom is -0.492 e. The summed E-state index contributed by atoms with van der Waals surface area (Å²) in [4.78, 5) is 0. The second-order valence-electron chi connectivity index (χ2n) is 3.64. The summed E-state index contributed by atoms with van der Waals surface area (Å²) in [6.07, 6.45) is 9.56. The molecule has 0 spiro atoms. The van der Waals surface area contributed by atoms with E-state index in [0.29, 0.717) is 6.42 Å². The van der Waals surface area contributed by atoms with Gasteiger partial charge in [0, 0.05) is 0 Å². The molecule has 1 heterocycles. The Bertz CT molecular complexity index is 218. The van der Waals surface area contributed by atoms with Gasteiger partial charge in [0.05, 0.1) is 6.10 Å². The molecule has 2 nitrogen and oxygen atoms in total. The lowest BCUT2D eigenvalue weighted by molar-refractivity contribution is 0.0490. The predicted molar refractivity (Wildman–Crippen MR) is 57.9 cm³/mol. The molecule has 0 aromatic rings. The van der Waals surface area contributed by atoms with E-state index in [4.69, 9.17) is 4.74 Å². The number of aliphatic hydroxyl groups excluding tert-OH is 1. The Labute approximate surface area is 86.3 Å². The Morgan fingerprint density at radius 1 is 1.57 bits per heavy atom. The van der Waals surface area contributed by atoms with Crippen molar-refractivity contribution in [3.05, 3.63) is 24.0 Å². The third kappa shape index (κ3) is 3.18. The molecule has 0 saturated carbocycles. The van der Waals surface area contributed by atoms with E-state index in [2.05, 4.69) is 13.0 Å². The molecule has 0 aromatic carbocycles. The van der Waals surface area contributed by atoms with Crippen molar-refractivity contribution in [1.29, 1.82) is 0 Å². The first-order valence-electron chi connectivity index (χ1n) is 5.43. The molecule has 80 valence electrons. The van der Waals surface area contributed by atoms with E-state index in [9.17, 15) is 5.11 Å². The highest BCUT2D eigenvalue weighted by Crippen LogP contribution is 2.19. The zero-order valence-corrected chi connectivity index (χ0v) is 9.07. The van der Waals surface area contributed by atoms with Crippen LogP contribution in [0, 0.1) is 0 Å². The Balaban J connectivity index is 2.68. The molecular formula is C12H20O2. The lowest BCUT2D eigenvalue weighted by atomic mass is 10.1. The van der Waals surface area contributed by atoms with Gasteiger partial charge >= 0.3 is 0 Å². The summed E-state index contributed by atoms with van der Waals surface area (Å²) in [5.74, 6) is 0.725. The van der Waals surface area contributed by atoms with Gasteiger partial charge in [-0.15, -0.1) is 0 Å². The standard InChI is InChI=1S/C12H20O2/c1-3-10-8-6-5-7-9-11(13)12(4-2)14-10/h4-5,7,10-11,13H,3,6,8-9H2,1-2H3/b7-5-,12-4-/t10-,11-/m1/s1. The van der Waals surface area contributed by atoms with E-state index in [-0.39, 0.29) is 6.10 Å². The van der Waals surface area contributed by atoms with Crippen molar-refractivity contribution < 1.29 is 9.84 Å². The maximum atomic E-state index is 9.77. The average molecular weight is 196 g/mol. The Morgan fingerprint density at radius 3 is 3.00 bits per heavy atom. The molecule has 1 N–H and O–H groups in total. The zero-order valence-electron chi connectivity index (χ0n) is 9.07. The lowest BCUT2D eigenvalue weighted by Crippen LogP contribution is -2.18. The Hall–Kier alpha value is -0.760. The molecule has 0 amide bonds. The fraction of sp³-hybridized carbons (Fsp3) is 0.667. The molecule has 2 atom stereocenters. The van der Waals surface area contributed by atoms with Crippen LogP contribution in [0.2, 0.25) is 0 Å². The summed E-state index contributed by atoms with van der Waals surface area (Å²) in [6.45, 7) is 4.03. The van der Waals surface area contributed by atoms with Gasteiger partial charge in [0.15, 0.2) is 0 Å². The van der Waals surface area contributed by atoms with Crippen LogP contribution < -0.4 is 0 Å². The highest BCUT2D eigenvalue weighted by Gasteiger charge is 2.16. The molecule has 14 heavy (non-hydrogen) atoms. The van der Waals surface area contributed by atoms with Crippen molar-refractivity contribution in [2.45, 2.75) is 51.7 Å². The molecule has 0 radical (unpaired) electrons. The van der Waals surface area contributed by atoms with Crippen LogP contribution in [-0.2, 0) is 4.74 Å². The number of aliphatic hydroxyl groups is 1. The molecule has 0 aromatic heterocycles. The van der Waals surface area contributed by atoms with E-state index in [0.717, 1.165) is 25.0 Å². The molecule has 2 heteroatoms. The molecule has 0 aliphatic carbocycles. The molecule has 0 fully saturated rings. The zero-order chi connectivity index (χ0) is 10.4. The summed E-state index contributed by atoms with van der Waals surface area (Å²) in [7, 11) is 0. The minimum atomic E-state index is -0.469. The third-order valence-corrected chi connectivity index (χ3v) is 2.55. The number of hydrogen-bond donors (Lipinski definition) is 1. The van der Waals surface area contributed by atoms with Crippen LogP contribution in [0.5, 0.6) is 0 Å². The molecular weight excluding hydrogens is 176 g/mol. The van der Waals surface area contributed by atoms with Crippen molar-refractivity contribution in [3.63, 3.8) is 0 Å². The van der Waals surface area contributed by atoms with E-state index in [1.807, 2.05) is 19.1 Å². The first kappa shape index (κ1) is 11.3. The molecule has 0 bridgehead atoms. The number of allylic oxidation sites excluding steroid dienone is 2. The van der Waals surface area contributed by atoms with Crippen LogP contribution in [0.4, 0.5) is 0 Å². The van der Waals surface area contributed by atoms with E-state index in [1.165, 1.54) is 0 Å². The Kier molecular flexibility index (Phi) is 4.74. The first-order chi connectivity index (χ1) is 6.77. The van der Waals surface area contributed by atoms with Crippen LogP contribution in [-0.4, -0.2) is 17.3 Å². The fourth-order valence-corrected chi connectivity index (χ4v) is 1.62. The van der Waals surface area contributed by atoms with Gasteiger partial charge in [-0.3, -0.25) is 0 Å². The summed E-state index contributed by atoms with van der Waals surface area (Å²) in [5.41, 5.74) is 0. The third-order valence-electron chi connectivity index (χ3n) is 2.55. The maximum absolute atomic E-state index is 9.77. The normalized spacial score (nSPS) is 34.1. The van der Waals surface area contributed by atoms with Crippen LogP contribution in [0.15, 0.2) is 24.0 Å². The van der Waals surface area contributed by atoms with E-state index in [1.54, 1.807) is 0 Å². The summed E-state index contributed by atoms with van der Waals surface area (Å²) in [6, 6.07) is 0. The van der Waals surface area contributed by atoms with E-state index < -0.39 is 6.10 Å². The van der Waals surface area contributed by atoms with Crippen LogP contribution in [0.25, 0.3) is 0 Å². The quantitative estimate of drug-likeness (QED) is 0.653. The van der Waals surface area contributed by atoms with Gasteiger partial charge in [-0.2, -0.15) is 0 Å². The molecule has 1 aliphatic heterocycles. The van der Waals surface area contributed by atoms with Gasteiger partial charge in [0.25, 0.3) is 0 Å². The van der Waals surface area contributed by atoms with Crippen molar-refractivity contribution in [2.24, 2.45) is 0 Å². The first-order valence-corrected chi connectivity index (χ1v) is 5.43. The van der Waals surface area contributed by atoms with Gasteiger partial charge < -0.3 is 9.84 Å². The molecule has 0 saturated heterocycles. The monoisotopic (exact) mass is 196 g/mol. The molecule has 1 aliphatic rings. The maximum Gasteiger partial charge on any atom is 0.121 e. The molecule has 1 rings (SSSR count). The molecule has 0 unspecified atom stereocenters. The number of hydrogen-bond acceptors (Lipinski definition) is 2. The van der Waals surface area contributed by atoms with Crippen molar-refractivity contribution in [3.8, 4) is 0 Å². The average Bonchev–Trinajstić information content (AvgIpc) is 2.29. The van der Waals surface area contributed by atoms with Crippen molar-refractivity contribution in [2.75, 3.05) is 0 Å². The highest BCUT2D eigenvalue weighted by atomic mass is 16.5. The van der Waals surface area contributed by atoms with Gasteiger partial charge in [0.1, 0.15) is 11.9 Å². The lowest BCUT2D eigenvalue weighted by Gasteiger charge is -2.21. The van der Waals surface area contributed by atoms with Gasteiger partial charge in [-0.1, -0.05) is 19.1 Å². The summed E-state index contributed by atoms with van der Waals surface area (Å²) >= 11 is 0. The fourth-order valence-electron chi connectivity index (χ4n) is 1.62. The summed E-state index contributed by atoms with van der Waals surface area (Å²) < 4.78 is 5.75. The smallest absolute Gasteiger partial charge is 0.121 e. The topological polar surface area (TPSA) is 29.5 Å². The Morgan fingerprint density at radius 2 is 2.36 bits per heavy atom. The summed E-state index contributed by atoms with van der Waals surface area (Å²) in [5, 5.41) is 9.77. The van der Waals surface area contributed by atoms with Crippen molar-refractivity contribution in [1.82, 2.24) is 0 Å². The number of ether oxygens (including phenoxy) is 1. The highest BCUT2D eigenvalue weighted by molar-refractivity contribution is 5.03. The second-order valence-corrected chi connectivity index (χ2v) is 3.64. The second kappa shape index (κ2) is 5.86. The largest absolute Gasteiger partial charge is 0.492 e. The van der Waals surface area contributed by atoms with Gasteiger partial charge in [-0.25, -0.2) is 0 Å².